The molecular weight excluding hydrogens is 378 g/mol. The second-order valence-corrected chi connectivity index (χ2v) is 8.30. The average molecular weight is 402 g/mol. The third-order valence-electron chi connectivity index (χ3n) is 4.73. The van der Waals surface area contributed by atoms with Gasteiger partial charge in [0.2, 0.25) is 0 Å². The normalized spacial score (nSPS) is 12.3. The van der Waals surface area contributed by atoms with Crippen molar-refractivity contribution in [3.05, 3.63) is 89.0 Å². The topological polar surface area (TPSA) is 53.5 Å². The van der Waals surface area contributed by atoms with E-state index in [1.807, 2.05) is 49.4 Å². The van der Waals surface area contributed by atoms with Crippen LogP contribution in [0, 0.1) is 13.8 Å². The second-order valence-electron chi connectivity index (χ2n) is 7.25. The van der Waals surface area contributed by atoms with Gasteiger partial charge >= 0.3 is 6.03 Å². The summed E-state index contributed by atoms with van der Waals surface area (Å²) < 4.78 is 0. The van der Waals surface area contributed by atoms with Gasteiger partial charge in [-0.15, -0.1) is 11.8 Å². The van der Waals surface area contributed by atoms with Gasteiger partial charge < -0.3 is 10.6 Å². The number of nitrogens with zero attached hydrogens (tertiary/aromatic N) is 1. The van der Waals surface area contributed by atoms with E-state index in [1.165, 1.54) is 16.7 Å². The van der Waals surface area contributed by atoms with Crippen LogP contribution in [0.25, 0.3) is 0 Å². The molecular formula is C24H23N3OS. The van der Waals surface area contributed by atoms with Gasteiger partial charge in [-0.3, -0.25) is 0 Å². The zero-order valence-corrected chi connectivity index (χ0v) is 17.3. The van der Waals surface area contributed by atoms with E-state index in [2.05, 4.69) is 41.8 Å². The summed E-state index contributed by atoms with van der Waals surface area (Å²) in [6.45, 7) is 4.09. The van der Waals surface area contributed by atoms with E-state index < -0.39 is 0 Å². The van der Waals surface area contributed by atoms with Crippen LogP contribution in [0.2, 0.25) is 0 Å². The molecule has 2 amide bonds. The molecule has 0 aliphatic carbocycles. The largest absolute Gasteiger partial charge is 0.323 e. The Labute approximate surface area is 175 Å². The van der Waals surface area contributed by atoms with E-state index in [0.717, 1.165) is 39.8 Å². The molecule has 4 rings (SSSR count). The molecule has 0 unspecified atom stereocenters. The van der Waals surface area contributed by atoms with Crippen LogP contribution in [0.5, 0.6) is 0 Å². The third-order valence-corrected chi connectivity index (χ3v) is 5.78. The van der Waals surface area contributed by atoms with Crippen molar-refractivity contribution in [2.75, 3.05) is 10.6 Å². The smallest absolute Gasteiger partial charge is 0.308 e. The van der Waals surface area contributed by atoms with E-state index in [9.17, 15) is 4.79 Å². The van der Waals surface area contributed by atoms with Gasteiger partial charge in [0.05, 0.1) is 10.7 Å². The van der Waals surface area contributed by atoms with Crippen LogP contribution < -0.4 is 10.6 Å². The lowest BCUT2D eigenvalue weighted by molar-refractivity contribution is 0.262. The number of fused-ring (bicyclic) bond motifs is 1. The lowest BCUT2D eigenvalue weighted by Crippen LogP contribution is -2.19. The van der Waals surface area contributed by atoms with Gasteiger partial charge in [0.25, 0.3) is 0 Å². The Balaban J connectivity index is 1.37. The Kier molecular flexibility index (Phi) is 5.67. The van der Waals surface area contributed by atoms with Gasteiger partial charge in [-0.05, 0) is 54.8 Å². The number of carbonyl (C=O) groups is 1. The fourth-order valence-electron chi connectivity index (χ4n) is 3.18. The number of rotatable bonds is 4. The highest BCUT2D eigenvalue weighted by Crippen LogP contribution is 2.33. The molecule has 0 saturated carbocycles. The first-order chi connectivity index (χ1) is 14.0. The van der Waals surface area contributed by atoms with Crippen molar-refractivity contribution in [1.29, 1.82) is 0 Å². The van der Waals surface area contributed by atoms with E-state index in [-0.39, 0.29) is 6.03 Å². The number of benzene rings is 3. The fraction of sp³-hybridized carbons (Fsp3) is 0.167. The number of aliphatic imine (C=N–C) groups is 1. The standard InChI is InChI=1S/C24H23N3OS/c1-16-6-8-18(9-7-16)15-29-23-13-19-10-11-21(14-22(19)27-23)26-24(28)25-20-5-3-4-17(2)12-20/h3-12,14H,13,15H2,1-2H3,(H2,25,26,28). The van der Waals surface area contributed by atoms with Crippen molar-refractivity contribution in [1.82, 2.24) is 0 Å². The molecule has 4 nitrogen and oxygen atoms in total. The van der Waals surface area contributed by atoms with Gasteiger partial charge in [0.1, 0.15) is 0 Å². The van der Waals surface area contributed by atoms with E-state index in [1.54, 1.807) is 11.8 Å². The van der Waals surface area contributed by atoms with Crippen molar-refractivity contribution >= 4 is 39.9 Å². The van der Waals surface area contributed by atoms with E-state index in [0.29, 0.717) is 0 Å². The molecule has 0 radical (unpaired) electrons. The first kappa shape index (κ1) is 19.3. The number of aryl methyl sites for hydroxylation is 2. The van der Waals surface area contributed by atoms with Gasteiger partial charge in [-0.1, -0.05) is 48.0 Å². The molecule has 0 fully saturated rings. The zero-order chi connectivity index (χ0) is 20.2. The first-order valence-corrected chi connectivity index (χ1v) is 10.6. The fourth-order valence-corrected chi connectivity index (χ4v) is 4.13. The van der Waals surface area contributed by atoms with Crippen LogP contribution in [-0.4, -0.2) is 11.1 Å². The third kappa shape index (κ3) is 5.06. The molecule has 0 aromatic heterocycles. The number of nitrogens with one attached hydrogen (secondary N) is 2. The molecule has 0 spiro atoms. The van der Waals surface area contributed by atoms with Crippen LogP contribution in [0.4, 0.5) is 21.9 Å². The van der Waals surface area contributed by atoms with Crippen molar-refractivity contribution in [2.45, 2.75) is 26.0 Å². The summed E-state index contributed by atoms with van der Waals surface area (Å²) in [7, 11) is 0. The number of carbonyl (C=O) groups excluding carboxylic acids is 1. The summed E-state index contributed by atoms with van der Waals surface area (Å²) in [6.07, 6.45) is 0.849. The Bertz CT molecular complexity index is 1070. The monoisotopic (exact) mass is 401 g/mol. The van der Waals surface area contributed by atoms with Crippen LogP contribution in [0.3, 0.4) is 0 Å². The van der Waals surface area contributed by atoms with Gasteiger partial charge in [0.15, 0.2) is 0 Å². The Morgan fingerprint density at radius 3 is 2.45 bits per heavy atom. The van der Waals surface area contributed by atoms with Gasteiger partial charge in [-0.25, -0.2) is 9.79 Å². The molecule has 3 aromatic rings. The van der Waals surface area contributed by atoms with Crippen LogP contribution >= 0.6 is 11.8 Å². The van der Waals surface area contributed by atoms with E-state index >= 15 is 0 Å². The molecule has 5 heteroatoms. The summed E-state index contributed by atoms with van der Waals surface area (Å²) in [5.74, 6) is 0.914. The minimum absolute atomic E-state index is 0.258. The molecule has 0 bridgehead atoms. The molecule has 3 aromatic carbocycles. The summed E-state index contributed by atoms with van der Waals surface area (Å²) in [6, 6.07) is 22.0. The molecule has 1 aliphatic heterocycles. The number of urea groups is 1. The van der Waals surface area contributed by atoms with Crippen LogP contribution in [-0.2, 0) is 12.2 Å². The second kappa shape index (κ2) is 8.53. The number of hydrogen-bond donors (Lipinski definition) is 2. The Hall–Kier alpha value is -3.05. The molecule has 0 atom stereocenters. The number of thioether (sulfide) groups is 1. The maximum atomic E-state index is 12.3. The lowest BCUT2D eigenvalue weighted by atomic mass is 10.1. The summed E-state index contributed by atoms with van der Waals surface area (Å²) in [4.78, 5) is 17.0. The molecule has 1 aliphatic rings. The van der Waals surface area contributed by atoms with E-state index in [4.69, 9.17) is 4.99 Å². The molecule has 1 heterocycles. The summed E-state index contributed by atoms with van der Waals surface area (Å²) in [5, 5.41) is 6.86. The molecule has 29 heavy (non-hydrogen) atoms. The van der Waals surface area contributed by atoms with Crippen molar-refractivity contribution < 1.29 is 4.79 Å². The molecule has 2 N–H and O–H groups in total. The van der Waals surface area contributed by atoms with Gasteiger partial charge in [-0.2, -0.15) is 0 Å². The maximum Gasteiger partial charge on any atom is 0.323 e. The van der Waals surface area contributed by atoms with Crippen molar-refractivity contribution in [3.63, 3.8) is 0 Å². The predicted molar refractivity (Wildman–Crippen MR) is 124 cm³/mol. The summed E-state index contributed by atoms with van der Waals surface area (Å²) in [5.41, 5.74) is 7.32. The Morgan fingerprint density at radius 1 is 0.931 bits per heavy atom. The molecule has 146 valence electrons. The minimum Gasteiger partial charge on any atom is -0.308 e. The lowest BCUT2D eigenvalue weighted by Gasteiger charge is -2.09. The predicted octanol–water partition coefficient (Wildman–Crippen LogP) is 6.47. The van der Waals surface area contributed by atoms with Crippen molar-refractivity contribution in [2.24, 2.45) is 4.99 Å². The van der Waals surface area contributed by atoms with Gasteiger partial charge in [0, 0.05) is 23.5 Å². The molecule has 0 saturated heterocycles. The SMILES string of the molecule is Cc1ccc(CSC2=Nc3cc(NC(=O)Nc4cccc(C)c4)ccc3C2)cc1. The highest BCUT2D eigenvalue weighted by Gasteiger charge is 2.16. The average Bonchev–Trinajstić information content (AvgIpc) is 3.09. The highest BCUT2D eigenvalue weighted by atomic mass is 32.2. The first-order valence-electron chi connectivity index (χ1n) is 9.59. The highest BCUT2D eigenvalue weighted by molar-refractivity contribution is 8.13. The van der Waals surface area contributed by atoms with Crippen LogP contribution in [0.1, 0.15) is 22.3 Å². The van der Waals surface area contributed by atoms with Crippen molar-refractivity contribution in [3.8, 4) is 0 Å². The zero-order valence-electron chi connectivity index (χ0n) is 16.5. The van der Waals surface area contributed by atoms with Crippen LogP contribution in [0.15, 0.2) is 71.7 Å². The number of anilines is 2. The summed E-state index contributed by atoms with van der Waals surface area (Å²) >= 11 is 1.77. The minimum atomic E-state index is -0.258. The maximum absolute atomic E-state index is 12.3. The number of amides is 2. The Morgan fingerprint density at radius 2 is 1.69 bits per heavy atom. The number of hydrogen-bond acceptors (Lipinski definition) is 3. The quantitative estimate of drug-likeness (QED) is 0.526.